The summed E-state index contributed by atoms with van der Waals surface area (Å²) in [6, 6.07) is 0. The van der Waals surface area contributed by atoms with Gasteiger partial charge < -0.3 is 0 Å². The Balaban J connectivity index is 0. The van der Waals surface area contributed by atoms with E-state index < -0.39 is 5.97 Å². The largest absolute Gasteiger partial charge is 0.365 e. The molecule has 0 bridgehead atoms. The van der Waals surface area contributed by atoms with E-state index in [-0.39, 0.29) is 0 Å². The molecule has 0 saturated carbocycles. The van der Waals surface area contributed by atoms with Crippen LogP contribution in [0.5, 0.6) is 0 Å². The number of carbonyl (C=O) groups is 1. The van der Waals surface area contributed by atoms with Crippen molar-refractivity contribution in [1.82, 2.24) is 0 Å². The second kappa shape index (κ2) is 9.44. The Morgan fingerprint density at radius 2 is 2.25 bits per heavy atom. The first-order valence-corrected chi connectivity index (χ1v) is 1.67. The minimum absolute atomic E-state index is 0.500. The molecule has 0 amide bonds. The summed E-state index contributed by atoms with van der Waals surface area (Å²) in [7, 11) is 0.500. The maximum absolute atomic E-state index is 9.59. The second-order valence-electron chi connectivity index (χ2n) is 0.614. The summed E-state index contributed by atoms with van der Waals surface area (Å²) in [4.78, 5) is 12.7. The number of hydrogen-bond donors (Lipinski definition) is 1. The lowest BCUT2D eigenvalue weighted by molar-refractivity contribution is -0.228. The van der Waals surface area contributed by atoms with Crippen LogP contribution in [0.1, 0.15) is 0 Å². The van der Waals surface area contributed by atoms with E-state index in [9.17, 15) is 9.18 Å². The van der Waals surface area contributed by atoms with Crippen LogP contribution >= 0.6 is 0 Å². The van der Waals surface area contributed by atoms with Gasteiger partial charge in [0.25, 0.3) is 0 Å². The van der Waals surface area contributed by atoms with E-state index in [2.05, 4.69) is 11.5 Å². The molecule has 0 aromatic rings. The number of alkyl halides is 1. The molecular weight excluding hydrogens is 115 g/mol. The molecule has 0 aliphatic rings. The van der Waals surface area contributed by atoms with Gasteiger partial charge in [-0.25, -0.2) is 4.79 Å². The minimum atomic E-state index is -0.838. The van der Waals surface area contributed by atoms with Crippen molar-refractivity contribution in [2.45, 2.75) is 0 Å². The monoisotopic (exact) mass is 122 g/mol. The maximum atomic E-state index is 9.59. The Hall–Kier alpha value is -0.900. The van der Waals surface area contributed by atoms with E-state index in [4.69, 9.17) is 5.26 Å². The molecule has 0 aromatic carbocycles. The summed E-state index contributed by atoms with van der Waals surface area (Å²) < 4.78 is 9.50. The van der Waals surface area contributed by atoms with Crippen molar-refractivity contribution in [2.24, 2.45) is 0 Å². The molecule has 0 spiro atoms. The second-order valence-corrected chi connectivity index (χ2v) is 0.614. The van der Waals surface area contributed by atoms with Crippen LogP contribution in [0.25, 0.3) is 0 Å². The Kier molecular flexibility index (Phi) is 12.0. The zero-order valence-electron chi connectivity index (χ0n) is 4.43. The van der Waals surface area contributed by atoms with E-state index in [1.165, 1.54) is 0 Å². The lowest BCUT2D eigenvalue weighted by Gasteiger charge is -1.78. The zero-order chi connectivity index (χ0) is 6.99. The standard InChI is InChI=1S/C3H4O3.CH3F/c1-2-3(4)6-5;1-2/h2,5H,1H2;1H3. The van der Waals surface area contributed by atoms with E-state index in [0.717, 1.165) is 6.08 Å². The highest BCUT2D eigenvalue weighted by atomic mass is 19.1. The lowest BCUT2D eigenvalue weighted by Crippen LogP contribution is -1.92. The molecule has 0 unspecified atom stereocenters. The van der Waals surface area contributed by atoms with Gasteiger partial charge in [-0.3, -0.25) is 9.28 Å². The Labute approximate surface area is 46.3 Å². The first kappa shape index (κ1) is 10.2. The highest BCUT2D eigenvalue weighted by Gasteiger charge is 1.85. The SMILES string of the molecule is C=CC(=O)OO.CF. The van der Waals surface area contributed by atoms with Gasteiger partial charge in [0.2, 0.25) is 0 Å². The molecule has 0 aliphatic heterocycles. The summed E-state index contributed by atoms with van der Waals surface area (Å²) in [6.07, 6.45) is 0.861. The van der Waals surface area contributed by atoms with Crippen molar-refractivity contribution < 1.29 is 19.3 Å². The van der Waals surface area contributed by atoms with E-state index in [1.807, 2.05) is 0 Å². The summed E-state index contributed by atoms with van der Waals surface area (Å²) in [5.41, 5.74) is 0. The molecule has 48 valence electrons. The quantitative estimate of drug-likeness (QED) is 0.317. The van der Waals surface area contributed by atoms with Gasteiger partial charge in [0.05, 0.1) is 7.18 Å². The van der Waals surface area contributed by atoms with E-state index in [1.54, 1.807) is 0 Å². The number of hydrogen-bond acceptors (Lipinski definition) is 3. The molecule has 0 saturated heterocycles. The summed E-state index contributed by atoms with van der Waals surface area (Å²) >= 11 is 0. The molecule has 8 heavy (non-hydrogen) atoms. The third-order valence-corrected chi connectivity index (χ3v) is 0.257. The highest BCUT2D eigenvalue weighted by Crippen LogP contribution is 1.67. The third kappa shape index (κ3) is 8.92. The first-order valence-electron chi connectivity index (χ1n) is 1.67. The molecule has 0 radical (unpaired) electrons. The molecule has 0 heterocycles. The van der Waals surface area contributed by atoms with Gasteiger partial charge in [-0.15, -0.1) is 0 Å². The predicted octanol–water partition coefficient (Wildman–Crippen LogP) is 0.774. The molecule has 1 N–H and O–H groups in total. The first-order chi connectivity index (χ1) is 3.81. The van der Waals surface area contributed by atoms with Crippen LogP contribution in [-0.4, -0.2) is 18.4 Å². The fourth-order valence-electron chi connectivity index (χ4n) is 0.0373. The van der Waals surface area contributed by atoms with Crippen LogP contribution in [0.15, 0.2) is 12.7 Å². The van der Waals surface area contributed by atoms with Gasteiger partial charge in [-0.1, -0.05) is 6.58 Å². The third-order valence-electron chi connectivity index (χ3n) is 0.257. The van der Waals surface area contributed by atoms with Crippen molar-refractivity contribution in [3.05, 3.63) is 12.7 Å². The van der Waals surface area contributed by atoms with Crippen LogP contribution in [-0.2, 0) is 9.68 Å². The van der Waals surface area contributed by atoms with Gasteiger partial charge >= 0.3 is 5.97 Å². The van der Waals surface area contributed by atoms with Gasteiger partial charge in [0, 0.05) is 6.08 Å². The summed E-state index contributed by atoms with van der Waals surface area (Å²) in [5, 5.41) is 7.41. The molecule has 3 nitrogen and oxygen atoms in total. The van der Waals surface area contributed by atoms with Crippen LogP contribution in [0.2, 0.25) is 0 Å². The number of carbonyl (C=O) groups excluding carboxylic acids is 1. The van der Waals surface area contributed by atoms with Gasteiger partial charge in [-0.2, -0.15) is 5.26 Å². The lowest BCUT2D eigenvalue weighted by atomic mass is 10.7. The fraction of sp³-hybridized carbons (Fsp3) is 0.250. The Morgan fingerprint density at radius 1 is 1.88 bits per heavy atom. The van der Waals surface area contributed by atoms with Crippen LogP contribution < -0.4 is 0 Å². The average molecular weight is 122 g/mol. The topological polar surface area (TPSA) is 46.5 Å². The fourth-order valence-corrected chi connectivity index (χ4v) is 0.0373. The van der Waals surface area contributed by atoms with Crippen molar-refractivity contribution in [3.63, 3.8) is 0 Å². The minimum Gasteiger partial charge on any atom is -0.296 e. The molecule has 0 atom stereocenters. The summed E-state index contributed by atoms with van der Waals surface area (Å²) in [5.74, 6) is -0.838. The molecule has 0 aliphatic carbocycles. The molecular formula is C4H7FO3. The number of rotatable bonds is 1. The van der Waals surface area contributed by atoms with Crippen LogP contribution in [0.3, 0.4) is 0 Å². The number of halogens is 1. The van der Waals surface area contributed by atoms with Gasteiger partial charge in [0.15, 0.2) is 0 Å². The van der Waals surface area contributed by atoms with Gasteiger partial charge in [0.1, 0.15) is 0 Å². The molecule has 0 rings (SSSR count). The van der Waals surface area contributed by atoms with Gasteiger partial charge in [-0.05, 0) is 0 Å². The highest BCUT2D eigenvalue weighted by molar-refractivity contribution is 5.80. The van der Waals surface area contributed by atoms with E-state index >= 15 is 0 Å². The van der Waals surface area contributed by atoms with Crippen molar-refractivity contribution >= 4 is 5.97 Å². The van der Waals surface area contributed by atoms with Crippen molar-refractivity contribution in [3.8, 4) is 0 Å². The van der Waals surface area contributed by atoms with Crippen molar-refractivity contribution in [1.29, 1.82) is 0 Å². The average Bonchev–Trinajstić information content (AvgIpc) is 1.91. The summed E-state index contributed by atoms with van der Waals surface area (Å²) in [6.45, 7) is 3.00. The van der Waals surface area contributed by atoms with Crippen molar-refractivity contribution in [2.75, 3.05) is 7.18 Å². The Bertz CT molecular complexity index is 71.7. The molecule has 0 aromatic heterocycles. The van der Waals surface area contributed by atoms with Crippen LogP contribution in [0, 0.1) is 0 Å². The molecule has 4 heteroatoms. The Morgan fingerprint density at radius 3 is 2.25 bits per heavy atom. The zero-order valence-corrected chi connectivity index (χ0v) is 4.43. The predicted molar refractivity (Wildman–Crippen MR) is 25.9 cm³/mol. The van der Waals surface area contributed by atoms with E-state index in [0.29, 0.717) is 7.18 Å². The maximum Gasteiger partial charge on any atom is 0.365 e. The van der Waals surface area contributed by atoms with Crippen LogP contribution in [0.4, 0.5) is 4.39 Å². The normalized spacial score (nSPS) is 5.88. The smallest absolute Gasteiger partial charge is 0.296 e. The molecule has 0 fully saturated rings.